The normalized spacial score (nSPS) is 11.9. The summed E-state index contributed by atoms with van der Waals surface area (Å²) < 4.78 is 12.0. The molecule has 0 aliphatic rings. The molecule has 0 aliphatic heterocycles. The lowest BCUT2D eigenvalue weighted by Crippen LogP contribution is -2.40. The quantitative estimate of drug-likeness (QED) is 0.599. The van der Waals surface area contributed by atoms with Crippen LogP contribution in [0, 0.1) is 13.8 Å². The first-order chi connectivity index (χ1) is 12.4. The highest BCUT2D eigenvalue weighted by Crippen LogP contribution is 2.21. The summed E-state index contributed by atoms with van der Waals surface area (Å²) in [5.74, 6) is 0.720. The fourth-order valence-electron chi connectivity index (χ4n) is 3.40. The minimum atomic E-state index is -0.363. The van der Waals surface area contributed by atoms with Gasteiger partial charge in [-0.3, -0.25) is 18.3 Å². The van der Waals surface area contributed by atoms with Crippen LogP contribution in [-0.4, -0.2) is 36.3 Å². The number of nitrogens with zero attached hydrogens (tertiary/aromatic N) is 5. The van der Waals surface area contributed by atoms with E-state index in [1.807, 2.05) is 25.2 Å². The van der Waals surface area contributed by atoms with Gasteiger partial charge in [-0.15, -0.1) is 0 Å². The molecule has 0 amide bonds. The second-order valence-corrected chi connectivity index (χ2v) is 6.59. The van der Waals surface area contributed by atoms with Gasteiger partial charge in [0, 0.05) is 31.6 Å². The Labute approximate surface area is 151 Å². The van der Waals surface area contributed by atoms with Gasteiger partial charge in [0.15, 0.2) is 11.2 Å². The van der Waals surface area contributed by atoms with Gasteiger partial charge in [0.1, 0.15) is 0 Å². The summed E-state index contributed by atoms with van der Waals surface area (Å²) in [6, 6.07) is 0. The third-order valence-corrected chi connectivity index (χ3v) is 5.03. The number of hydrogen-bond donors (Lipinski definition) is 0. The Morgan fingerprint density at radius 1 is 1.04 bits per heavy atom. The van der Waals surface area contributed by atoms with Crippen LogP contribution < -0.4 is 11.2 Å². The van der Waals surface area contributed by atoms with Crippen LogP contribution in [-0.2, 0) is 24.9 Å². The van der Waals surface area contributed by atoms with Crippen molar-refractivity contribution < 1.29 is 4.74 Å². The van der Waals surface area contributed by atoms with Gasteiger partial charge in [-0.25, -0.2) is 4.79 Å². The number of hydrogen-bond acceptors (Lipinski definition) is 4. The lowest BCUT2D eigenvalue weighted by molar-refractivity contribution is 0.137. The van der Waals surface area contributed by atoms with Gasteiger partial charge in [-0.2, -0.15) is 4.98 Å². The molecule has 0 radical (unpaired) electrons. The maximum absolute atomic E-state index is 13.1. The van der Waals surface area contributed by atoms with E-state index in [0.717, 1.165) is 36.6 Å². The molecule has 0 saturated heterocycles. The lowest BCUT2D eigenvalue weighted by Gasteiger charge is -2.08. The molecule has 26 heavy (non-hydrogen) atoms. The van der Waals surface area contributed by atoms with E-state index in [1.165, 1.54) is 9.13 Å². The summed E-state index contributed by atoms with van der Waals surface area (Å²) in [6.45, 7) is 10.0. The summed E-state index contributed by atoms with van der Waals surface area (Å²) in [5, 5.41) is 0. The SMILES string of the molecule is CCCCn1c(C)c(C)n2c3c(=O)n(CCOCC)c(=O)n(C)c3nc12. The molecule has 0 fully saturated rings. The molecule has 0 spiro atoms. The van der Waals surface area contributed by atoms with Crippen LogP contribution in [0.4, 0.5) is 0 Å². The van der Waals surface area contributed by atoms with E-state index >= 15 is 0 Å². The molecule has 0 unspecified atom stereocenters. The van der Waals surface area contributed by atoms with Crippen molar-refractivity contribution in [3.8, 4) is 0 Å². The van der Waals surface area contributed by atoms with E-state index in [-0.39, 0.29) is 17.8 Å². The largest absolute Gasteiger partial charge is 0.380 e. The first-order valence-corrected chi connectivity index (χ1v) is 9.19. The highest BCUT2D eigenvalue weighted by atomic mass is 16.5. The molecular formula is C18H27N5O3. The van der Waals surface area contributed by atoms with Gasteiger partial charge in [-0.05, 0) is 27.2 Å². The van der Waals surface area contributed by atoms with Gasteiger partial charge in [0.2, 0.25) is 5.78 Å². The van der Waals surface area contributed by atoms with Crippen LogP contribution in [0.25, 0.3) is 16.9 Å². The van der Waals surface area contributed by atoms with Crippen LogP contribution in [0.15, 0.2) is 9.59 Å². The van der Waals surface area contributed by atoms with E-state index in [4.69, 9.17) is 4.74 Å². The van der Waals surface area contributed by atoms with Crippen LogP contribution in [0.5, 0.6) is 0 Å². The van der Waals surface area contributed by atoms with Crippen molar-refractivity contribution in [3.63, 3.8) is 0 Å². The number of imidazole rings is 2. The van der Waals surface area contributed by atoms with Crippen molar-refractivity contribution in [2.24, 2.45) is 7.05 Å². The van der Waals surface area contributed by atoms with Gasteiger partial charge in [0.25, 0.3) is 5.56 Å². The first kappa shape index (κ1) is 18.4. The van der Waals surface area contributed by atoms with Gasteiger partial charge in [-0.1, -0.05) is 13.3 Å². The molecule has 0 N–H and O–H groups in total. The second-order valence-electron chi connectivity index (χ2n) is 6.59. The summed E-state index contributed by atoms with van der Waals surface area (Å²) in [4.78, 5) is 30.4. The standard InChI is InChI=1S/C18H27N5O3/c1-6-8-9-21-12(3)13(4)23-14-15(19-17(21)23)20(5)18(25)22(16(14)24)10-11-26-7-2/h6-11H2,1-5H3. The number of fused-ring (bicyclic) bond motifs is 3. The minimum Gasteiger partial charge on any atom is -0.380 e. The Kier molecular flexibility index (Phi) is 5.04. The zero-order valence-electron chi connectivity index (χ0n) is 16.2. The topological polar surface area (TPSA) is 75.5 Å². The van der Waals surface area contributed by atoms with Crippen LogP contribution in [0.1, 0.15) is 38.1 Å². The number of aryl methyl sites for hydroxylation is 3. The van der Waals surface area contributed by atoms with Gasteiger partial charge in [0.05, 0.1) is 13.2 Å². The Balaban J connectivity index is 2.32. The van der Waals surface area contributed by atoms with Crippen molar-refractivity contribution in [1.29, 1.82) is 0 Å². The van der Waals surface area contributed by atoms with Crippen molar-refractivity contribution in [1.82, 2.24) is 23.1 Å². The zero-order valence-corrected chi connectivity index (χ0v) is 16.2. The highest BCUT2D eigenvalue weighted by Gasteiger charge is 2.22. The number of aromatic nitrogens is 5. The third kappa shape index (κ3) is 2.68. The fourth-order valence-corrected chi connectivity index (χ4v) is 3.40. The average molecular weight is 361 g/mol. The second kappa shape index (κ2) is 7.11. The van der Waals surface area contributed by atoms with E-state index in [0.29, 0.717) is 24.4 Å². The molecule has 0 bridgehead atoms. The Hall–Kier alpha value is -2.35. The first-order valence-electron chi connectivity index (χ1n) is 9.19. The molecule has 3 rings (SSSR count). The smallest absolute Gasteiger partial charge is 0.332 e. The monoisotopic (exact) mass is 361 g/mol. The third-order valence-electron chi connectivity index (χ3n) is 5.03. The molecule has 142 valence electrons. The molecule has 8 heteroatoms. The Morgan fingerprint density at radius 3 is 2.42 bits per heavy atom. The Bertz CT molecular complexity index is 1070. The molecule has 3 aromatic rings. The maximum atomic E-state index is 13.1. The number of ether oxygens (including phenoxy) is 1. The zero-order chi connectivity index (χ0) is 19.0. The predicted molar refractivity (Wildman–Crippen MR) is 101 cm³/mol. The van der Waals surface area contributed by atoms with E-state index in [9.17, 15) is 9.59 Å². The lowest BCUT2D eigenvalue weighted by atomic mass is 10.3. The molecule has 8 nitrogen and oxygen atoms in total. The highest BCUT2D eigenvalue weighted by molar-refractivity contribution is 5.76. The summed E-state index contributed by atoms with van der Waals surface area (Å²) >= 11 is 0. The molecule has 0 atom stereocenters. The Morgan fingerprint density at radius 2 is 1.77 bits per heavy atom. The molecule has 0 aliphatic carbocycles. The van der Waals surface area contributed by atoms with E-state index in [1.54, 1.807) is 7.05 Å². The summed E-state index contributed by atoms with van der Waals surface area (Å²) in [5.41, 5.74) is 2.27. The average Bonchev–Trinajstić information content (AvgIpc) is 3.12. The summed E-state index contributed by atoms with van der Waals surface area (Å²) in [7, 11) is 1.66. The molecular weight excluding hydrogens is 334 g/mol. The van der Waals surface area contributed by atoms with Crippen molar-refractivity contribution in [2.45, 2.75) is 53.6 Å². The molecule has 0 aromatic carbocycles. The summed E-state index contributed by atoms with van der Waals surface area (Å²) in [6.07, 6.45) is 2.11. The van der Waals surface area contributed by atoms with Gasteiger partial charge >= 0.3 is 5.69 Å². The fraction of sp³-hybridized carbons (Fsp3) is 0.611. The van der Waals surface area contributed by atoms with Crippen LogP contribution >= 0.6 is 0 Å². The number of rotatable bonds is 7. The van der Waals surface area contributed by atoms with Crippen molar-refractivity contribution in [2.75, 3.05) is 13.2 Å². The molecule has 3 aromatic heterocycles. The van der Waals surface area contributed by atoms with Crippen molar-refractivity contribution in [3.05, 3.63) is 32.2 Å². The van der Waals surface area contributed by atoms with Crippen molar-refractivity contribution >= 4 is 16.9 Å². The predicted octanol–water partition coefficient (Wildman–Crippen LogP) is 1.60. The molecule has 0 saturated carbocycles. The minimum absolute atomic E-state index is 0.233. The number of unbranched alkanes of at least 4 members (excludes halogenated alkanes) is 1. The van der Waals surface area contributed by atoms with E-state index in [2.05, 4.69) is 16.5 Å². The van der Waals surface area contributed by atoms with Crippen LogP contribution in [0.3, 0.4) is 0 Å². The van der Waals surface area contributed by atoms with Crippen LogP contribution in [0.2, 0.25) is 0 Å². The van der Waals surface area contributed by atoms with Gasteiger partial charge < -0.3 is 9.30 Å². The maximum Gasteiger partial charge on any atom is 0.332 e. The molecule has 3 heterocycles. The van der Waals surface area contributed by atoms with E-state index < -0.39 is 0 Å².